The Labute approximate surface area is 97.6 Å². The van der Waals surface area contributed by atoms with Gasteiger partial charge in [-0.25, -0.2) is 0 Å². The van der Waals surface area contributed by atoms with Gasteiger partial charge in [-0.05, 0) is 12.8 Å². The second-order valence-electron chi connectivity index (χ2n) is 4.55. The summed E-state index contributed by atoms with van der Waals surface area (Å²) in [5.74, 6) is -0.0765. The summed E-state index contributed by atoms with van der Waals surface area (Å²) in [4.78, 5) is 13.7. The molecule has 0 radical (unpaired) electrons. The second-order valence-corrected chi connectivity index (χ2v) is 4.55. The number of unbranched alkanes of at least 4 members (excludes halogenated alkanes) is 1. The molecule has 1 heterocycles. The van der Waals surface area contributed by atoms with Crippen LogP contribution in [0.2, 0.25) is 0 Å². The number of aliphatic hydroxyl groups is 1. The van der Waals surface area contributed by atoms with Crippen LogP contribution in [0.1, 0.15) is 39.5 Å². The minimum Gasteiger partial charge on any atom is -0.456 e. The molecule has 0 saturated carbocycles. The first-order valence-corrected chi connectivity index (χ1v) is 6.21. The maximum absolute atomic E-state index is 11.5. The summed E-state index contributed by atoms with van der Waals surface area (Å²) < 4.78 is 5.54. The van der Waals surface area contributed by atoms with Crippen molar-refractivity contribution in [3.05, 3.63) is 0 Å². The quantitative estimate of drug-likeness (QED) is 0.666. The summed E-state index contributed by atoms with van der Waals surface area (Å²) in [5.41, 5.74) is -0.278. The molecule has 4 heteroatoms. The second kappa shape index (κ2) is 6.21. The van der Waals surface area contributed by atoms with Gasteiger partial charge < -0.3 is 9.84 Å². The third-order valence-electron chi connectivity index (χ3n) is 3.15. The molecule has 1 aliphatic rings. The molecule has 0 aromatic rings. The Bertz CT molecular complexity index is 224. The molecule has 0 aliphatic carbocycles. The number of esters is 1. The predicted octanol–water partition coefficient (Wildman–Crippen LogP) is 1.18. The molecule has 0 amide bonds. The van der Waals surface area contributed by atoms with E-state index >= 15 is 0 Å². The zero-order valence-corrected chi connectivity index (χ0v) is 10.4. The van der Waals surface area contributed by atoms with Crippen LogP contribution in [0.15, 0.2) is 0 Å². The van der Waals surface area contributed by atoms with Crippen molar-refractivity contribution in [2.45, 2.75) is 45.1 Å². The summed E-state index contributed by atoms with van der Waals surface area (Å²) in [6, 6.07) is 0. The normalized spacial score (nSPS) is 19.2. The molecule has 4 nitrogen and oxygen atoms in total. The highest BCUT2D eigenvalue weighted by Crippen LogP contribution is 2.28. The first-order chi connectivity index (χ1) is 7.65. The van der Waals surface area contributed by atoms with E-state index < -0.39 is 0 Å². The Morgan fingerprint density at radius 3 is 2.62 bits per heavy atom. The Morgan fingerprint density at radius 2 is 2.12 bits per heavy atom. The summed E-state index contributed by atoms with van der Waals surface area (Å²) >= 11 is 0. The zero-order valence-electron chi connectivity index (χ0n) is 10.4. The first-order valence-electron chi connectivity index (χ1n) is 6.21. The molecule has 1 saturated heterocycles. The summed E-state index contributed by atoms with van der Waals surface area (Å²) in [5, 5.41) is 8.79. The predicted molar refractivity (Wildman–Crippen MR) is 62.2 cm³/mol. The smallest absolute Gasteiger partial charge is 0.306 e. The molecule has 1 N–H and O–H groups in total. The minimum atomic E-state index is -0.278. The number of carbonyl (C=O) groups excluding carboxylic acids is 1. The van der Waals surface area contributed by atoms with E-state index in [2.05, 4.69) is 11.8 Å². The number of nitrogens with zero attached hydrogens (tertiary/aromatic N) is 1. The van der Waals surface area contributed by atoms with Crippen LogP contribution in [0.5, 0.6) is 0 Å². The van der Waals surface area contributed by atoms with Crippen molar-refractivity contribution >= 4 is 5.97 Å². The Morgan fingerprint density at radius 1 is 1.44 bits per heavy atom. The third-order valence-corrected chi connectivity index (χ3v) is 3.15. The van der Waals surface area contributed by atoms with E-state index in [9.17, 15) is 4.79 Å². The van der Waals surface area contributed by atoms with Gasteiger partial charge in [0.05, 0.1) is 6.61 Å². The number of aliphatic hydroxyl groups excluding tert-OH is 1. The van der Waals surface area contributed by atoms with Crippen LogP contribution in [0.4, 0.5) is 0 Å². The molecule has 16 heavy (non-hydrogen) atoms. The number of likely N-dealkylation sites (tertiary alicyclic amines) is 1. The molecule has 1 aliphatic heterocycles. The number of hydrogen-bond donors (Lipinski definition) is 1. The van der Waals surface area contributed by atoms with Gasteiger partial charge in [0.1, 0.15) is 5.60 Å². The third kappa shape index (κ3) is 3.46. The Hall–Kier alpha value is -0.610. The van der Waals surface area contributed by atoms with Crippen LogP contribution in [0.25, 0.3) is 0 Å². The molecule has 0 unspecified atom stereocenters. The van der Waals surface area contributed by atoms with Crippen molar-refractivity contribution in [3.63, 3.8) is 0 Å². The van der Waals surface area contributed by atoms with Crippen molar-refractivity contribution < 1.29 is 14.6 Å². The van der Waals surface area contributed by atoms with Crippen molar-refractivity contribution in [1.29, 1.82) is 0 Å². The van der Waals surface area contributed by atoms with Gasteiger partial charge in [0.25, 0.3) is 0 Å². The average molecular weight is 229 g/mol. The molecule has 1 fully saturated rings. The summed E-state index contributed by atoms with van der Waals surface area (Å²) in [6.07, 6.45) is 3.30. The molecule has 0 atom stereocenters. The largest absolute Gasteiger partial charge is 0.456 e. The molecular weight excluding hydrogens is 206 g/mol. The number of carbonyl (C=O) groups is 1. The Kier molecular flexibility index (Phi) is 5.22. The number of rotatable bonds is 7. The molecule has 0 bridgehead atoms. The standard InChI is InChI=1S/C12H23NO3/c1-3-5-6-11(15)16-12(4-2)9-13(10-12)7-8-14/h14H,3-10H2,1-2H3. The summed E-state index contributed by atoms with van der Waals surface area (Å²) in [6.45, 7) is 6.49. The van der Waals surface area contributed by atoms with E-state index in [0.717, 1.165) is 32.4 Å². The van der Waals surface area contributed by atoms with Crippen molar-refractivity contribution in [1.82, 2.24) is 4.90 Å². The lowest BCUT2D eigenvalue weighted by atomic mass is 9.91. The highest BCUT2D eigenvalue weighted by molar-refractivity contribution is 5.70. The van der Waals surface area contributed by atoms with Gasteiger partial charge in [-0.3, -0.25) is 9.69 Å². The first kappa shape index (κ1) is 13.5. The van der Waals surface area contributed by atoms with Gasteiger partial charge in [0, 0.05) is 26.1 Å². The van der Waals surface area contributed by atoms with Crippen LogP contribution in [-0.4, -0.2) is 47.8 Å². The minimum absolute atomic E-state index is 0.0765. The van der Waals surface area contributed by atoms with Crippen molar-refractivity contribution in [2.75, 3.05) is 26.2 Å². The van der Waals surface area contributed by atoms with Crippen LogP contribution in [-0.2, 0) is 9.53 Å². The van der Waals surface area contributed by atoms with Crippen LogP contribution < -0.4 is 0 Å². The molecule has 1 rings (SSSR count). The molecule has 94 valence electrons. The SMILES string of the molecule is CCCCC(=O)OC1(CC)CN(CCO)C1. The monoisotopic (exact) mass is 229 g/mol. The fraction of sp³-hybridized carbons (Fsp3) is 0.917. The lowest BCUT2D eigenvalue weighted by molar-refractivity contribution is -0.181. The van der Waals surface area contributed by atoms with E-state index in [0.29, 0.717) is 13.0 Å². The van der Waals surface area contributed by atoms with Gasteiger partial charge in [-0.15, -0.1) is 0 Å². The lowest BCUT2D eigenvalue weighted by Gasteiger charge is -2.48. The van der Waals surface area contributed by atoms with Gasteiger partial charge >= 0.3 is 5.97 Å². The van der Waals surface area contributed by atoms with E-state index in [-0.39, 0.29) is 18.2 Å². The maximum atomic E-state index is 11.5. The van der Waals surface area contributed by atoms with Crippen LogP contribution >= 0.6 is 0 Å². The van der Waals surface area contributed by atoms with E-state index in [4.69, 9.17) is 9.84 Å². The van der Waals surface area contributed by atoms with Crippen LogP contribution in [0.3, 0.4) is 0 Å². The van der Waals surface area contributed by atoms with E-state index in [1.807, 2.05) is 6.92 Å². The van der Waals surface area contributed by atoms with E-state index in [1.165, 1.54) is 0 Å². The average Bonchev–Trinajstić information content (AvgIpc) is 2.23. The topological polar surface area (TPSA) is 49.8 Å². The van der Waals surface area contributed by atoms with Gasteiger partial charge in [0.2, 0.25) is 0 Å². The van der Waals surface area contributed by atoms with Gasteiger partial charge in [0.15, 0.2) is 0 Å². The molecule has 0 aromatic carbocycles. The van der Waals surface area contributed by atoms with Gasteiger partial charge in [-0.1, -0.05) is 20.3 Å². The summed E-state index contributed by atoms with van der Waals surface area (Å²) in [7, 11) is 0. The molecule has 0 aromatic heterocycles. The number of hydrogen-bond acceptors (Lipinski definition) is 4. The fourth-order valence-electron chi connectivity index (χ4n) is 2.04. The number of ether oxygens (including phenoxy) is 1. The lowest BCUT2D eigenvalue weighted by Crippen LogP contribution is -2.63. The Balaban J connectivity index is 2.30. The molecule has 0 spiro atoms. The number of β-amino-alcohol motifs (C(OH)–C–C–N with tert-alkyl or cyclic N) is 1. The van der Waals surface area contributed by atoms with Crippen molar-refractivity contribution in [3.8, 4) is 0 Å². The maximum Gasteiger partial charge on any atom is 0.306 e. The van der Waals surface area contributed by atoms with E-state index in [1.54, 1.807) is 0 Å². The highest BCUT2D eigenvalue weighted by Gasteiger charge is 2.44. The van der Waals surface area contributed by atoms with Crippen molar-refractivity contribution in [2.24, 2.45) is 0 Å². The zero-order chi connectivity index (χ0) is 12.0. The van der Waals surface area contributed by atoms with Gasteiger partial charge in [-0.2, -0.15) is 0 Å². The van der Waals surface area contributed by atoms with Crippen LogP contribution in [0, 0.1) is 0 Å². The fourth-order valence-corrected chi connectivity index (χ4v) is 2.04. The molecular formula is C12H23NO3. The highest BCUT2D eigenvalue weighted by atomic mass is 16.6.